The number of carboxylic acids is 1. The number of aromatic carboxylic acids is 1. The molecule has 1 aromatic heterocycles. The number of carbonyl (C=O) groups is 2. The van der Waals surface area contributed by atoms with E-state index in [0.29, 0.717) is 16.9 Å². The third-order valence-corrected chi connectivity index (χ3v) is 11.8. The summed E-state index contributed by atoms with van der Waals surface area (Å²) in [6, 6.07) is 21.4. The monoisotopic (exact) mass is 744 g/mol. The summed E-state index contributed by atoms with van der Waals surface area (Å²) in [4.78, 5) is 25.6. The molecule has 8 nitrogen and oxygen atoms in total. The van der Waals surface area contributed by atoms with Crippen molar-refractivity contribution in [1.82, 2.24) is 0 Å². The Balaban J connectivity index is 1.37. The third kappa shape index (κ3) is 5.93. The molecule has 244 valence electrons. The molecule has 0 radical (unpaired) electrons. The number of esters is 1. The number of carboxylic acid groups (broad SMARTS) is 1. The van der Waals surface area contributed by atoms with Crippen molar-refractivity contribution in [2.75, 3.05) is 7.11 Å². The molecule has 0 amide bonds. The number of fused-ring (bicyclic) bond motifs is 2. The zero-order valence-electron chi connectivity index (χ0n) is 26.5. The van der Waals surface area contributed by atoms with Crippen LogP contribution in [0.5, 0.6) is 17.2 Å². The Hall–Kier alpha value is -4.71. The average molecular weight is 746 g/mol. The molecule has 48 heavy (non-hydrogen) atoms. The first kappa shape index (κ1) is 33.2. The number of thiophene rings is 1. The lowest BCUT2D eigenvalue weighted by molar-refractivity contribution is 0.0683. The summed E-state index contributed by atoms with van der Waals surface area (Å²) in [7, 11) is -3.18. The van der Waals surface area contributed by atoms with Crippen molar-refractivity contribution in [2.24, 2.45) is 0 Å². The standard InChI is InChI=1S/C37H29BrO8S2/c1-19-15-24(32-27-11-6-7-12-28(27)33(38)35-31(32)21(3)22(4)47-35)16-20(2)34(19)46-48(42,43)30-14-13-26(18-29(30)36(39)40)45-37(41)23-9-8-10-25(17-23)44-5/h6-18H,1-5H3,(H,39,40). The van der Waals surface area contributed by atoms with Gasteiger partial charge in [0.2, 0.25) is 0 Å². The minimum atomic E-state index is -4.64. The average Bonchev–Trinajstić information content (AvgIpc) is 3.36. The minimum Gasteiger partial charge on any atom is -0.497 e. The number of carbonyl (C=O) groups excluding carboxylic acids is 1. The number of hydrogen-bond acceptors (Lipinski definition) is 8. The number of benzene rings is 5. The van der Waals surface area contributed by atoms with Gasteiger partial charge in [0.25, 0.3) is 0 Å². The second-order valence-corrected chi connectivity index (χ2v) is 14.8. The van der Waals surface area contributed by atoms with E-state index in [0.717, 1.165) is 48.6 Å². The van der Waals surface area contributed by atoms with Crippen LogP contribution in [-0.2, 0) is 10.1 Å². The van der Waals surface area contributed by atoms with Crippen LogP contribution in [0.2, 0.25) is 0 Å². The summed E-state index contributed by atoms with van der Waals surface area (Å²) in [5.41, 5.74) is 3.79. The number of ether oxygens (including phenoxy) is 2. The molecule has 0 saturated heterocycles. The summed E-state index contributed by atoms with van der Waals surface area (Å²) in [5, 5.41) is 13.2. The molecular formula is C37H29BrO8S2. The number of halogens is 1. The van der Waals surface area contributed by atoms with Gasteiger partial charge in [0.05, 0.1) is 22.9 Å². The minimum absolute atomic E-state index is 0.0968. The van der Waals surface area contributed by atoms with Crippen molar-refractivity contribution in [2.45, 2.75) is 32.6 Å². The van der Waals surface area contributed by atoms with Crippen LogP contribution in [0.1, 0.15) is 42.3 Å². The van der Waals surface area contributed by atoms with Crippen LogP contribution in [0.25, 0.3) is 32.0 Å². The highest BCUT2D eigenvalue weighted by atomic mass is 79.9. The van der Waals surface area contributed by atoms with E-state index in [-0.39, 0.29) is 17.1 Å². The Kier molecular flexibility index (Phi) is 8.80. The number of aryl methyl sites for hydroxylation is 4. The van der Waals surface area contributed by atoms with Crippen molar-refractivity contribution in [1.29, 1.82) is 0 Å². The Morgan fingerprint density at radius 3 is 2.19 bits per heavy atom. The number of rotatable bonds is 8. The van der Waals surface area contributed by atoms with Gasteiger partial charge < -0.3 is 18.8 Å². The number of methoxy groups -OCH3 is 1. The predicted octanol–water partition coefficient (Wildman–Crippen LogP) is 9.41. The van der Waals surface area contributed by atoms with Crippen LogP contribution in [0.3, 0.4) is 0 Å². The highest BCUT2D eigenvalue weighted by molar-refractivity contribution is 9.11. The van der Waals surface area contributed by atoms with E-state index >= 15 is 0 Å². The second-order valence-electron chi connectivity index (χ2n) is 11.3. The van der Waals surface area contributed by atoms with Gasteiger partial charge in [0.1, 0.15) is 22.1 Å². The topological polar surface area (TPSA) is 116 Å². The van der Waals surface area contributed by atoms with Crippen molar-refractivity contribution in [3.05, 3.63) is 116 Å². The fourth-order valence-corrected chi connectivity index (χ4v) is 8.91. The smallest absolute Gasteiger partial charge is 0.343 e. The van der Waals surface area contributed by atoms with Crippen LogP contribution in [0.4, 0.5) is 0 Å². The first-order chi connectivity index (χ1) is 22.8. The molecule has 0 aliphatic carbocycles. The summed E-state index contributed by atoms with van der Waals surface area (Å²) < 4.78 is 45.6. The molecule has 11 heteroatoms. The van der Waals surface area contributed by atoms with Gasteiger partial charge in [0, 0.05) is 14.7 Å². The molecular weight excluding hydrogens is 716 g/mol. The van der Waals surface area contributed by atoms with E-state index in [4.69, 9.17) is 13.7 Å². The van der Waals surface area contributed by atoms with Crippen LogP contribution >= 0.6 is 27.3 Å². The van der Waals surface area contributed by atoms with Gasteiger partial charge in [-0.25, -0.2) is 9.59 Å². The predicted molar refractivity (Wildman–Crippen MR) is 191 cm³/mol. The zero-order chi connectivity index (χ0) is 34.5. The van der Waals surface area contributed by atoms with E-state index in [2.05, 4.69) is 41.9 Å². The first-order valence-corrected chi connectivity index (χ1v) is 17.7. The van der Waals surface area contributed by atoms with E-state index in [1.165, 1.54) is 35.7 Å². The molecule has 0 atom stereocenters. The maximum absolute atomic E-state index is 13.6. The second kappa shape index (κ2) is 12.7. The molecule has 0 aliphatic heterocycles. The molecule has 0 aliphatic rings. The fourth-order valence-electron chi connectivity index (χ4n) is 5.79. The Morgan fingerprint density at radius 1 is 0.833 bits per heavy atom. The van der Waals surface area contributed by atoms with E-state index in [9.17, 15) is 23.1 Å². The molecule has 0 spiro atoms. The maximum Gasteiger partial charge on any atom is 0.343 e. The normalized spacial score (nSPS) is 11.5. The van der Waals surface area contributed by atoms with Gasteiger partial charge in [-0.05, 0) is 131 Å². The lowest BCUT2D eigenvalue weighted by Crippen LogP contribution is -2.16. The lowest BCUT2D eigenvalue weighted by Gasteiger charge is -2.17. The molecule has 1 heterocycles. The van der Waals surface area contributed by atoms with Gasteiger partial charge in [0.15, 0.2) is 0 Å². The highest BCUT2D eigenvalue weighted by Gasteiger charge is 2.28. The van der Waals surface area contributed by atoms with Crippen LogP contribution in [0.15, 0.2) is 88.2 Å². The molecule has 0 unspecified atom stereocenters. The van der Waals surface area contributed by atoms with E-state index in [1.807, 2.05) is 24.3 Å². The van der Waals surface area contributed by atoms with Gasteiger partial charge in [-0.3, -0.25) is 0 Å². The molecule has 6 aromatic rings. The molecule has 0 saturated carbocycles. The molecule has 0 bridgehead atoms. The van der Waals surface area contributed by atoms with Gasteiger partial charge in [-0.15, -0.1) is 11.3 Å². The quantitative estimate of drug-likeness (QED) is 0.0931. The van der Waals surface area contributed by atoms with Crippen molar-refractivity contribution in [3.8, 4) is 28.4 Å². The molecule has 5 aromatic carbocycles. The molecule has 1 N–H and O–H groups in total. The number of hydrogen-bond donors (Lipinski definition) is 1. The van der Waals surface area contributed by atoms with Crippen LogP contribution in [0, 0.1) is 27.7 Å². The van der Waals surface area contributed by atoms with Gasteiger partial charge in [-0.2, -0.15) is 8.42 Å². The first-order valence-electron chi connectivity index (χ1n) is 14.7. The SMILES string of the molecule is COc1cccc(C(=O)Oc2ccc(S(=O)(=O)Oc3c(C)cc(-c4c5ccccc5c(Br)c5sc(C)c(C)c45)cc3C)c(C(=O)O)c2)c1. The van der Waals surface area contributed by atoms with E-state index < -0.39 is 32.5 Å². The van der Waals surface area contributed by atoms with Crippen molar-refractivity contribution >= 4 is 70.2 Å². The van der Waals surface area contributed by atoms with Crippen molar-refractivity contribution < 1.29 is 36.8 Å². The Bertz CT molecular complexity index is 2390. The molecule has 0 fully saturated rings. The van der Waals surface area contributed by atoms with Gasteiger partial charge in [-0.1, -0.05) is 30.3 Å². The summed E-state index contributed by atoms with van der Waals surface area (Å²) in [6.07, 6.45) is 0. The zero-order valence-corrected chi connectivity index (χ0v) is 29.7. The molecule has 6 rings (SSSR count). The van der Waals surface area contributed by atoms with Gasteiger partial charge >= 0.3 is 22.1 Å². The summed E-state index contributed by atoms with van der Waals surface area (Å²) in [5.74, 6) is -1.93. The van der Waals surface area contributed by atoms with Crippen LogP contribution in [-0.4, -0.2) is 32.6 Å². The largest absolute Gasteiger partial charge is 0.497 e. The van der Waals surface area contributed by atoms with Crippen LogP contribution < -0.4 is 13.7 Å². The van der Waals surface area contributed by atoms with E-state index in [1.54, 1.807) is 37.3 Å². The summed E-state index contributed by atoms with van der Waals surface area (Å²) >= 11 is 5.56. The van der Waals surface area contributed by atoms with Crippen molar-refractivity contribution in [3.63, 3.8) is 0 Å². The third-order valence-electron chi connectivity index (χ3n) is 8.18. The maximum atomic E-state index is 13.6. The lowest BCUT2D eigenvalue weighted by atomic mass is 9.91. The summed E-state index contributed by atoms with van der Waals surface area (Å²) in [6.45, 7) is 7.71. The fraction of sp³-hybridized carbons (Fsp3) is 0.135. The highest BCUT2D eigenvalue weighted by Crippen LogP contribution is 2.48. The Labute approximate surface area is 289 Å². The Morgan fingerprint density at radius 2 is 1.52 bits per heavy atom.